The summed E-state index contributed by atoms with van der Waals surface area (Å²) >= 11 is 0. The SMILES string of the molecule is Cc1oc(-c2ccccc2)nc1COc1ccc(CN2CCCC2C(=O)O)cc1. The zero-order valence-electron chi connectivity index (χ0n) is 16.4. The van der Waals surface area contributed by atoms with Crippen molar-refractivity contribution in [2.45, 2.75) is 39.0 Å². The summed E-state index contributed by atoms with van der Waals surface area (Å²) in [5.41, 5.74) is 2.79. The lowest BCUT2D eigenvalue weighted by Crippen LogP contribution is -2.35. The minimum absolute atomic E-state index is 0.328. The van der Waals surface area contributed by atoms with Crippen molar-refractivity contribution >= 4 is 5.97 Å². The van der Waals surface area contributed by atoms with Gasteiger partial charge in [-0.1, -0.05) is 30.3 Å². The van der Waals surface area contributed by atoms with E-state index in [1.165, 1.54) is 0 Å². The molecule has 0 saturated carbocycles. The van der Waals surface area contributed by atoms with E-state index >= 15 is 0 Å². The summed E-state index contributed by atoms with van der Waals surface area (Å²) in [4.78, 5) is 17.9. The molecule has 0 amide bonds. The summed E-state index contributed by atoms with van der Waals surface area (Å²) in [5.74, 6) is 1.35. The van der Waals surface area contributed by atoms with E-state index in [0.717, 1.165) is 47.7 Å². The Hall–Kier alpha value is -3.12. The smallest absolute Gasteiger partial charge is 0.320 e. The molecule has 6 nitrogen and oxygen atoms in total. The summed E-state index contributed by atoms with van der Waals surface area (Å²) in [6, 6.07) is 17.2. The Morgan fingerprint density at radius 3 is 2.69 bits per heavy atom. The number of hydrogen-bond donors (Lipinski definition) is 1. The minimum atomic E-state index is -0.736. The molecular weight excluding hydrogens is 368 g/mol. The number of oxazole rings is 1. The van der Waals surface area contributed by atoms with Crippen LogP contribution < -0.4 is 4.74 Å². The monoisotopic (exact) mass is 392 g/mol. The lowest BCUT2D eigenvalue weighted by molar-refractivity contribution is -0.142. The molecule has 29 heavy (non-hydrogen) atoms. The maximum Gasteiger partial charge on any atom is 0.320 e. The van der Waals surface area contributed by atoms with Crippen LogP contribution in [0.5, 0.6) is 5.75 Å². The number of hydrogen-bond acceptors (Lipinski definition) is 5. The van der Waals surface area contributed by atoms with Gasteiger partial charge in [-0.25, -0.2) is 4.98 Å². The summed E-state index contributed by atoms with van der Waals surface area (Å²) < 4.78 is 11.6. The summed E-state index contributed by atoms with van der Waals surface area (Å²) in [5, 5.41) is 9.31. The van der Waals surface area contributed by atoms with Crippen LogP contribution in [-0.2, 0) is 17.9 Å². The third-order valence-corrected chi connectivity index (χ3v) is 5.25. The number of aliphatic carboxylic acids is 1. The van der Waals surface area contributed by atoms with Gasteiger partial charge in [0.1, 0.15) is 29.9 Å². The Bertz CT molecular complexity index is 966. The molecule has 6 heteroatoms. The molecule has 0 spiro atoms. The largest absolute Gasteiger partial charge is 0.487 e. The molecule has 1 saturated heterocycles. The standard InChI is InChI=1S/C23H24N2O4/c1-16-20(24-22(29-16)18-6-3-2-4-7-18)15-28-19-11-9-17(10-12-19)14-25-13-5-8-21(25)23(26)27/h2-4,6-7,9-12,21H,5,8,13-15H2,1H3,(H,26,27). The first kappa shape index (κ1) is 19.2. The Kier molecular flexibility index (Phi) is 5.62. The van der Waals surface area contributed by atoms with E-state index in [2.05, 4.69) is 4.98 Å². The molecule has 0 aliphatic carbocycles. The van der Waals surface area contributed by atoms with Gasteiger partial charge in [-0.2, -0.15) is 0 Å². The number of carboxylic acid groups (broad SMARTS) is 1. The second kappa shape index (κ2) is 8.49. The fourth-order valence-electron chi connectivity index (χ4n) is 3.64. The van der Waals surface area contributed by atoms with E-state index in [9.17, 15) is 9.90 Å². The van der Waals surface area contributed by atoms with Crippen LogP contribution in [0.25, 0.3) is 11.5 Å². The molecule has 2 aromatic carbocycles. The van der Waals surface area contributed by atoms with Crippen LogP contribution in [0.3, 0.4) is 0 Å². The minimum Gasteiger partial charge on any atom is -0.487 e. The van der Waals surface area contributed by atoms with Crippen molar-refractivity contribution in [1.82, 2.24) is 9.88 Å². The highest BCUT2D eigenvalue weighted by atomic mass is 16.5. The van der Waals surface area contributed by atoms with Gasteiger partial charge in [0.15, 0.2) is 0 Å². The first-order valence-electron chi connectivity index (χ1n) is 9.80. The van der Waals surface area contributed by atoms with E-state index in [4.69, 9.17) is 9.15 Å². The van der Waals surface area contributed by atoms with Crippen LogP contribution in [0.4, 0.5) is 0 Å². The van der Waals surface area contributed by atoms with Crippen LogP contribution in [-0.4, -0.2) is 33.5 Å². The molecule has 1 aromatic heterocycles. The quantitative estimate of drug-likeness (QED) is 0.647. The first-order chi connectivity index (χ1) is 14.1. The van der Waals surface area contributed by atoms with E-state index in [1.807, 2.05) is 66.4 Å². The second-order valence-corrected chi connectivity index (χ2v) is 7.29. The number of likely N-dealkylation sites (tertiary alicyclic amines) is 1. The van der Waals surface area contributed by atoms with Crippen LogP contribution in [0.1, 0.15) is 29.9 Å². The molecule has 1 unspecified atom stereocenters. The number of benzene rings is 2. The number of nitrogens with zero attached hydrogens (tertiary/aromatic N) is 2. The summed E-state index contributed by atoms with van der Waals surface area (Å²) in [6.07, 6.45) is 1.65. The van der Waals surface area contributed by atoms with Crippen molar-refractivity contribution in [2.24, 2.45) is 0 Å². The van der Waals surface area contributed by atoms with Crippen molar-refractivity contribution in [3.8, 4) is 17.2 Å². The molecule has 1 atom stereocenters. The zero-order chi connectivity index (χ0) is 20.2. The Morgan fingerprint density at radius 1 is 1.21 bits per heavy atom. The Morgan fingerprint density at radius 2 is 1.97 bits per heavy atom. The van der Waals surface area contributed by atoms with Crippen molar-refractivity contribution in [2.75, 3.05) is 6.54 Å². The van der Waals surface area contributed by atoms with Gasteiger partial charge < -0.3 is 14.3 Å². The van der Waals surface area contributed by atoms with Gasteiger partial charge in [0, 0.05) is 12.1 Å². The number of aromatic nitrogens is 1. The van der Waals surface area contributed by atoms with Crippen LogP contribution in [0, 0.1) is 6.92 Å². The molecule has 2 heterocycles. The van der Waals surface area contributed by atoms with Gasteiger partial charge in [0.2, 0.25) is 5.89 Å². The van der Waals surface area contributed by atoms with Crippen molar-refractivity contribution in [3.63, 3.8) is 0 Å². The second-order valence-electron chi connectivity index (χ2n) is 7.29. The number of rotatable bonds is 7. The average molecular weight is 392 g/mol. The molecule has 4 rings (SSSR count). The predicted molar refractivity (Wildman–Crippen MR) is 109 cm³/mol. The fourth-order valence-corrected chi connectivity index (χ4v) is 3.64. The van der Waals surface area contributed by atoms with Crippen LogP contribution >= 0.6 is 0 Å². The number of ether oxygens (including phenoxy) is 1. The maximum atomic E-state index is 11.3. The van der Waals surface area contributed by atoms with Gasteiger partial charge in [-0.05, 0) is 56.1 Å². The normalized spacial score (nSPS) is 16.8. The lowest BCUT2D eigenvalue weighted by atomic mass is 10.2. The van der Waals surface area contributed by atoms with E-state index in [0.29, 0.717) is 19.0 Å². The Balaban J connectivity index is 1.36. The van der Waals surface area contributed by atoms with Gasteiger partial charge in [0.25, 0.3) is 0 Å². The van der Waals surface area contributed by atoms with E-state index in [-0.39, 0.29) is 6.04 Å². The summed E-state index contributed by atoms with van der Waals surface area (Å²) in [6.45, 7) is 3.68. The van der Waals surface area contributed by atoms with Crippen molar-refractivity contribution in [1.29, 1.82) is 0 Å². The molecule has 1 aliphatic heterocycles. The van der Waals surface area contributed by atoms with Gasteiger partial charge >= 0.3 is 5.97 Å². The van der Waals surface area contributed by atoms with Gasteiger partial charge in [-0.3, -0.25) is 9.69 Å². The number of aryl methyl sites for hydroxylation is 1. The van der Waals surface area contributed by atoms with E-state index in [1.54, 1.807) is 0 Å². The van der Waals surface area contributed by atoms with Gasteiger partial charge in [-0.15, -0.1) is 0 Å². The van der Waals surface area contributed by atoms with Crippen molar-refractivity contribution in [3.05, 3.63) is 71.6 Å². The highest BCUT2D eigenvalue weighted by molar-refractivity contribution is 5.73. The van der Waals surface area contributed by atoms with Crippen molar-refractivity contribution < 1.29 is 19.1 Å². The molecule has 1 fully saturated rings. The Labute approximate surface area is 169 Å². The molecule has 1 N–H and O–H groups in total. The summed E-state index contributed by atoms with van der Waals surface area (Å²) in [7, 11) is 0. The predicted octanol–water partition coefficient (Wildman–Crippen LogP) is 4.28. The number of carbonyl (C=O) groups is 1. The third-order valence-electron chi connectivity index (χ3n) is 5.25. The topological polar surface area (TPSA) is 75.8 Å². The number of carboxylic acids is 1. The molecule has 0 bridgehead atoms. The highest BCUT2D eigenvalue weighted by Crippen LogP contribution is 2.24. The maximum absolute atomic E-state index is 11.3. The molecule has 150 valence electrons. The average Bonchev–Trinajstić information content (AvgIpc) is 3.35. The van der Waals surface area contributed by atoms with Gasteiger partial charge in [0.05, 0.1) is 0 Å². The zero-order valence-corrected chi connectivity index (χ0v) is 16.4. The van der Waals surface area contributed by atoms with E-state index < -0.39 is 5.97 Å². The molecule has 3 aromatic rings. The molecule has 0 radical (unpaired) electrons. The highest BCUT2D eigenvalue weighted by Gasteiger charge is 2.30. The molecule has 1 aliphatic rings. The fraction of sp³-hybridized carbons (Fsp3) is 0.304. The molecular formula is C23H24N2O4. The first-order valence-corrected chi connectivity index (χ1v) is 9.80. The lowest BCUT2D eigenvalue weighted by Gasteiger charge is -2.21. The van der Waals surface area contributed by atoms with Crippen LogP contribution in [0.15, 0.2) is 59.0 Å². The third kappa shape index (κ3) is 4.49. The van der Waals surface area contributed by atoms with Crippen LogP contribution in [0.2, 0.25) is 0 Å².